The lowest BCUT2D eigenvalue weighted by Crippen LogP contribution is -2.54. The standard InChI is InChI=1S/C24H27N3O/c28-23(9-6-17-4-2-1-3-5-17)26-21-7-8-22(25-16-21)27-24-13-18-10-19(14-24)12-20(11-18)15-24/h1-9,16,18-20H,10-15H2,(H,25,27)(H,26,28)/b9-6+. The predicted molar refractivity (Wildman–Crippen MR) is 113 cm³/mol. The minimum Gasteiger partial charge on any atom is -0.365 e. The molecule has 1 heterocycles. The molecule has 0 saturated heterocycles. The van der Waals surface area contributed by atoms with Gasteiger partial charge in [0.1, 0.15) is 5.82 Å². The van der Waals surface area contributed by atoms with E-state index in [1.54, 1.807) is 12.3 Å². The van der Waals surface area contributed by atoms with Crippen molar-refractivity contribution in [3.63, 3.8) is 0 Å². The van der Waals surface area contributed by atoms with Crippen molar-refractivity contribution < 1.29 is 4.79 Å². The molecule has 4 heteroatoms. The first-order chi connectivity index (χ1) is 13.7. The summed E-state index contributed by atoms with van der Waals surface area (Å²) in [4.78, 5) is 16.7. The highest BCUT2D eigenvalue weighted by atomic mass is 16.1. The third-order valence-corrected chi connectivity index (χ3v) is 6.69. The Balaban J connectivity index is 1.20. The lowest BCUT2D eigenvalue weighted by atomic mass is 9.53. The largest absolute Gasteiger partial charge is 0.365 e. The Morgan fingerprint density at radius 1 is 0.964 bits per heavy atom. The van der Waals surface area contributed by atoms with Gasteiger partial charge in [0.05, 0.1) is 11.9 Å². The Hall–Kier alpha value is -2.62. The summed E-state index contributed by atoms with van der Waals surface area (Å²) in [6.07, 6.45) is 13.3. The Morgan fingerprint density at radius 2 is 1.64 bits per heavy atom. The number of carbonyl (C=O) groups excluding carboxylic acids is 1. The molecule has 2 aromatic rings. The van der Waals surface area contributed by atoms with E-state index in [4.69, 9.17) is 0 Å². The number of hydrogen-bond acceptors (Lipinski definition) is 3. The summed E-state index contributed by atoms with van der Waals surface area (Å²) in [5, 5.41) is 6.66. The zero-order chi connectivity index (χ0) is 19.0. The van der Waals surface area contributed by atoms with Crippen LogP contribution in [-0.2, 0) is 4.79 Å². The maximum atomic E-state index is 12.1. The molecule has 4 fully saturated rings. The van der Waals surface area contributed by atoms with Crippen LogP contribution in [0.15, 0.2) is 54.7 Å². The molecular formula is C24H27N3O. The van der Waals surface area contributed by atoms with Crippen LogP contribution in [0.1, 0.15) is 44.1 Å². The highest BCUT2D eigenvalue weighted by Crippen LogP contribution is 2.56. The average Bonchev–Trinajstić information content (AvgIpc) is 2.67. The molecule has 144 valence electrons. The monoisotopic (exact) mass is 373 g/mol. The second kappa shape index (κ2) is 7.08. The van der Waals surface area contributed by atoms with Crippen LogP contribution in [-0.4, -0.2) is 16.4 Å². The quantitative estimate of drug-likeness (QED) is 0.716. The lowest BCUT2D eigenvalue weighted by molar-refractivity contribution is -0.111. The van der Waals surface area contributed by atoms with Gasteiger partial charge in [-0.1, -0.05) is 30.3 Å². The van der Waals surface area contributed by atoms with Gasteiger partial charge in [0.25, 0.3) is 0 Å². The third-order valence-electron chi connectivity index (χ3n) is 6.69. The number of benzene rings is 1. The van der Waals surface area contributed by atoms with Crippen molar-refractivity contribution in [3.8, 4) is 0 Å². The molecule has 0 unspecified atom stereocenters. The van der Waals surface area contributed by atoms with Gasteiger partial charge in [0.2, 0.25) is 5.91 Å². The molecule has 0 spiro atoms. The molecule has 0 aliphatic heterocycles. The SMILES string of the molecule is O=C(/C=C/c1ccccc1)Nc1ccc(NC23CC4CC(CC(C4)C2)C3)nc1. The molecule has 0 atom stereocenters. The summed E-state index contributed by atoms with van der Waals surface area (Å²) in [7, 11) is 0. The van der Waals surface area contributed by atoms with Gasteiger partial charge in [-0.25, -0.2) is 4.98 Å². The topological polar surface area (TPSA) is 54.0 Å². The van der Waals surface area contributed by atoms with E-state index in [0.29, 0.717) is 0 Å². The molecular weight excluding hydrogens is 346 g/mol. The number of nitrogens with zero attached hydrogens (tertiary/aromatic N) is 1. The molecule has 4 nitrogen and oxygen atoms in total. The first-order valence-corrected chi connectivity index (χ1v) is 10.4. The molecule has 4 aliphatic carbocycles. The van der Waals surface area contributed by atoms with Crippen LogP contribution >= 0.6 is 0 Å². The van der Waals surface area contributed by atoms with E-state index < -0.39 is 0 Å². The minimum absolute atomic E-state index is 0.146. The fourth-order valence-corrected chi connectivity index (χ4v) is 6.00. The second-order valence-electron chi connectivity index (χ2n) is 8.99. The van der Waals surface area contributed by atoms with Crippen LogP contribution in [0.25, 0.3) is 6.08 Å². The van der Waals surface area contributed by atoms with Crippen molar-refractivity contribution in [2.75, 3.05) is 10.6 Å². The van der Waals surface area contributed by atoms with Crippen LogP contribution in [0.3, 0.4) is 0 Å². The van der Waals surface area contributed by atoms with Gasteiger partial charge < -0.3 is 10.6 Å². The fraction of sp³-hybridized carbons (Fsp3) is 0.417. The second-order valence-corrected chi connectivity index (χ2v) is 8.99. The van der Waals surface area contributed by atoms with Crippen molar-refractivity contribution in [2.45, 2.75) is 44.1 Å². The van der Waals surface area contributed by atoms with E-state index in [2.05, 4.69) is 15.6 Å². The number of anilines is 2. The third kappa shape index (κ3) is 3.68. The molecule has 4 bridgehead atoms. The van der Waals surface area contributed by atoms with E-state index in [0.717, 1.165) is 34.8 Å². The molecule has 0 radical (unpaired) electrons. The maximum absolute atomic E-state index is 12.1. The smallest absolute Gasteiger partial charge is 0.248 e. The zero-order valence-corrected chi connectivity index (χ0v) is 16.1. The maximum Gasteiger partial charge on any atom is 0.248 e. The minimum atomic E-state index is -0.146. The van der Waals surface area contributed by atoms with Crippen LogP contribution in [0.4, 0.5) is 11.5 Å². The Labute approximate surface area is 166 Å². The van der Waals surface area contributed by atoms with Gasteiger partial charge >= 0.3 is 0 Å². The first-order valence-electron chi connectivity index (χ1n) is 10.4. The molecule has 1 amide bonds. The molecule has 1 aromatic heterocycles. The highest BCUT2D eigenvalue weighted by molar-refractivity contribution is 6.01. The van der Waals surface area contributed by atoms with Gasteiger partial charge in [-0.2, -0.15) is 0 Å². The predicted octanol–water partition coefficient (Wildman–Crippen LogP) is 5.11. The molecule has 4 aliphatic rings. The van der Waals surface area contributed by atoms with E-state index in [1.807, 2.05) is 48.5 Å². The fourth-order valence-electron chi connectivity index (χ4n) is 6.00. The Bertz CT molecular complexity index is 837. The van der Waals surface area contributed by atoms with E-state index >= 15 is 0 Å². The summed E-state index contributed by atoms with van der Waals surface area (Å²) in [6.45, 7) is 0. The first kappa shape index (κ1) is 17.5. The molecule has 2 N–H and O–H groups in total. The van der Waals surface area contributed by atoms with Crippen LogP contribution in [0, 0.1) is 17.8 Å². The zero-order valence-electron chi connectivity index (χ0n) is 16.1. The van der Waals surface area contributed by atoms with Crippen LogP contribution in [0.5, 0.6) is 0 Å². The van der Waals surface area contributed by atoms with Crippen LogP contribution in [0.2, 0.25) is 0 Å². The van der Waals surface area contributed by atoms with Crippen molar-refractivity contribution in [1.29, 1.82) is 0 Å². The molecule has 1 aromatic carbocycles. The number of aromatic nitrogens is 1. The van der Waals surface area contributed by atoms with Crippen molar-refractivity contribution in [2.24, 2.45) is 17.8 Å². The van der Waals surface area contributed by atoms with Gasteiger partial charge in [0.15, 0.2) is 0 Å². The number of carbonyl (C=O) groups is 1. The van der Waals surface area contributed by atoms with Crippen molar-refractivity contribution in [3.05, 3.63) is 60.3 Å². The number of pyridine rings is 1. The van der Waals surface area contributed by atoms with Gasteiger partial charge in [-0.05, 0) is 80.1 Å². The van der Waals surface area contributed by atoms with E-state index in [-0.39, 0.29) is 11.4 Å². The normalized spacial score (nSPS) is 30.5. The number of nitrogens with one attached hydrogen (secondary N) is 2. The number of rotatable bonds is 5. The molecule has 6 rings (SSSR count). The van der Waals surface area contributed by atoms with Crippen molar-refractivity contribution in [1.82, 2.24) is 4.98 Å². The summed E-state index contributed by atoms with van der Waals surface area (Å²) < 4.78 is 0. The Morgan fingerprint density at radius 3 is 2.25 bits per heavy atom. The Kier molecular flexibility index (Phi) is 4.42. The number of amides is 1. The summed E-state index contributed by atoms with van der Waals surface area (Å²) in [6, 6.07) is 13.7. The number of hydrogen-bond donors (Lipinski definition) is 2. The summed E-state index contributed by atoms with van der Waals surface area (Å²) in [5.41, 5.74) is 1.98. The van der Waals surface area contributed by atoms with Gasteiger partial charge in [-0.3, -0.25) is 4.79 Å². The van der Waals surface area contributed by atoms with E-state index in [9.17, 15) is 4.79 Å². The summed E-state index contributed by atoms with van der Waals surface area (Å²) >= 11 is 0. The van der Waals surface area contributed by atoms with Gasteiger partial charge in [-0.15, -0.1) is 0 Å². The van der Waals surface area contributed by atoms with Crippen LogP contribution < -0.4 is 10.6 Å². The highest BCUT2D eigenvalue weighted by Gasteiger charge is 2.51. The molecule has 4 saturated carbocycles. The lowest BCUT2D eigenvalue weighted by Gasteiger charge is -2.57. The summed E-state index contributed by atoms with van der Waals surface area (Å²) in [5.74, 6) is 3.52. The molecule has 28 heavy (non-hydrogen) atoms. The van der Waals surface area contributed by atoms with Gasteiger partial charge in [0, 0.05) is 11.6 Å². The van der Waals surface area contributed by atoms with E-state index in [1.165, 1.54) is 38.5 Å². The van der Waals surface area contributed by atoms with Crippen molar-refractivity contribution >= 4 is 23.5 Å². The average molecular weight is 374 g/mol.